The Balaban J connectivity index is 0.000000125. The van der Waals surface area contributed by atoms with Crippen LogP contribution in [-0.4, -0.2) is 0 Å². The van der Waals surface area contributed by atoms with Gasteiger partial charge >= 0.3 is 0 Å². The Labute approximate surface area is 172 Å². The largest absolute Gasteiger partial charge is 0.0619 e. The first-order chi connectivity index (χ1) is 14.3. The molecule has 29 heavy (non-hydrogen) atoms. The standard InChI is InChI=1S/C15H14.C14H10/c1-2-11-7-5-9-14-13-8-4-3-6-12(13)10-15(11)14;1-2-6-12-10-14-8-4-3-7-13(14)9-11(12)5-1/h3-9H,2,10H2,1H3;1-10H. The van der Waals surface area contributed by atoms with Crippen LogP contribution in [-0.2, 0) is 12.8 Å². The number of benzene rings is 5. The molecule has 5 aromatic rings. The Morgan fingerprint density at radius 1 is 0.552 bits per heavy atom. The summed E-state index contributed by atoms with van der Waals surface area (Å²) in [6, 6.07) is 36.9. The Bertz CT molecular complexity index is 1210. The van der Waals surface area contributed by atoms with Crippen molar-refractivity contribution in [1.29, 1.82) is 0 Å². The molecule has 0 unspecified atom stereocenters. The third kappa shape index (κ3) is 3.32. The molecule has 0 spiro atoms. The molecule has 0 radical (unpaired) electrons. The molecule has 140 valence electrons. The molecule has 0 bridgehead atoms. The lowest BCUT2D eigenvalue weighted by molar-refractivity contribution is 1.08. The molecule has 0 fully saturated rings. The minimum atomic E-state index is 1.12. The minimum Gasteiger partial charge on any atom is -0.0619 e. The molecule has 1 aliphatic rings. The highest BCUT2D eigenvalue weighted by Crippen LogP contribution is 2.38. The van der Waals surface area contributed by atoms with Crippen molar-refractivity contribution in [3.63, 3.8) is 0 Å². The molecule has 0 saturated carbocycles. The van der Waals surface area contributed by atoms with Crippen molar-refractivity contribution in [2.24, 2.45) is 0 Å². The van der Waals surface area contributed by atoms with Gasteiger partial charge in [0.1, 0.15) is 0 Å². The Kier molecular flexibility index (Phi) is 4.62. The maximum Gasteiger partial charge on any atom is -0.00107 e. The van der Waals surface area contributed by atoms with Gasteiger partial charge in [0.15, 0.2) is 0 Å². The summed E-state index contributed by atoms with van der Waals surface area (Å²) in [5, 5.41) is 5.25. The molecule has 0 nitrogen and oxygen atoms in total. The predicted molar refractivity (Wildman–Crippen MR) is 126 cm³/mol. The molecule has 0 N–H and O–H groups in total. The molecular weight excluding hydrogens is 348 g/mol. The summed E-state index contributed by atoms with van der Waals surface area (Å²) in [5.74, 6) is 0. The molecule has 6 rings (SSSR count). The van der Waals surface area contributed by atoms with E-state index in [0.717, 1.165) is 12.8 Å². The summed E-state index contributed by atoms with van der Waals surface area (Å²) in [5.41, 5.74) is 7.41. The first-order valence-electron chi connectivity index (χ1n) is 10.4. The number of hydrogen-bond donors (Lipinski definition) is 0. The topological polar surface area (TPSA) is 0 Å². The number of hydrogen-bond acceptors (Lipinski definition) is 0. The van der Waals surface area contributed by atoms with E-state index in [1.807, 2.05) is 0 Å². The minimum absolute atomic E-state index is 1.12. The predicted octanol–water partition coefficient (Wildman–Crippen LogP) is 7.81. The zero-order chi connectivity index (χ0) is 19.6. The molecule has 0 saturated heterocycles. The molecule has 0 atom stereocenters. The maximum atomic E-state index is 2.25. The van der Waals surface area contributed by atoms with Gasteiger partial charge < -0.3 is 0 Å². The van der Waals surface area contributed by atoms with E-state index in [9.17, 15) is 0 Å². The van der Waals surface area contributed by atoms with Crippen molar-refractivity contribution in [2.45, 2.75) is 19.8 Å². The van der Waals surface area contributed by atoms with Crippen molar-refractivity contribution >= 4 is 21.5 Å². The van der Waals surface area contributed by atoms with Crippen LogP contribution in [0.4, 0.5) is 0 Å². The van der Waals surface area contributed by atoms with E-state index < -0.39 is 0 Å². The summed E-state index contributed by atoms with van der Waals surface area (Å²) in [4.78, 5) is 0. The Hall–Kier alpha value is -3.38. The van der Waals surface area contributed by atoms with E-state index in [4.69, 9.17) is 0 Å². The first kappa shape index (κ1) is 17.7. The van der Waals surface area contributed by atoms with Crippen molar-refractivity contribution in [2.75, 3.05) is 0 Å². The summed E-state index contributed by atoms with van der Waals surface area (Å²) in [6.45, 7) is 2.23. The van der Waals surface area contributed by atoms with E-state index in [-0.39, 0.29) is 0 Å². The van der Waals surface area contributed by atoms with Crippen molar-refractivity contribution in [3.05, 3.63) is 120 Å². The summed E-state index contributed by atoms with van der Waals surface area (Å²) < 4.78 is 0. The maximum absolute atomic E-state index is 2.25. The van der Waals surface area contributed by atoms with Gasteiger partial charge in [0, 0.05) is 0 Å². The van der Waals surface area contributed by atoms with Crippen LogP contribution in [0.3, 0.4) is 0 Å². The van der Waals surface area contributed by atoms with E-state index in [1.165, 1.54) is 43.8 Å². The highest BCUT2D eigenvalue weighted by atomic mass is 14.2. The van der Waals surface area contributed by atoms with Crippen molar-refractivity contribution in [1.82, 2.24) is 0 Å². The molecule has 0 heterocycles. The molecule has 0 aromatic heterocycles. The second-order valence-electron chi connectivity index (χ2n) is 7.68. The lowest BCUT2D eigenvalue weighted by Crippen LogP contribution is -1.89. The van der Waals surface area contributed by atoms with E-state index in [0.29, 0.717) is 0 Å². The van der Waals surface area contributed by atoms with Gasteiger partial charge in [0.25, 0.3) is 0 Å². The smallest absolute Gasteiger partial charge is 0.00107 e. The third-order valence-electron chi connectivity index (χ3n) is 5.94. The van der Waals surface area contributed by atoms with Crippen LogP contribution >= 0.6 is 0 Å². The van der Waals surface area contributed by atoms with Crippen molar-refractivity contribution in [3.8, 4) is 11.1 Å². The van der Waals surface area contributed by atoms with Gasteiger partial charge in [-0.15, -0.1) is 0 Å². The quantitative estimate of drug-likeness (QED) is 0.258. The summed E-state index contributed by atoms with van der Waals surface area (Å²) in [6.07, 6.45) is 2.26. The van der Waals surface area contributed by atoms with Crippen LogP contribution in [0, 0.1) is 0 Å². The Morgan fingerprint density at radius 2 is 1.07 bits per heavy atom. The van der Waals surface area contributed by atoms with E-state index >= 15 is 0 Å². The fourth-order valence-corrected chi connectivity index (χ4v) is 4.44. The average molecular weight is 373 g/mol. The monoisotopic (exact) mass is 372 g/mol. The van der Waals surface area contributed by atoms with Crippen LogP contribution in [0.5, 0.6) is 0 Å². The number of rotatable bonds is 1. The highest BCUT2D eigenvalue weighted by Gasteiger charge is 2.19. The lowest BCUT2D eigenvalue weighted by Gasteiger charge is -2.05. The van der Waals surface area contributed by atoms with Gasteiger partial charge in [0.2, 0.25) is 0 Å². The van der Waals surface area contributed by atoms with Crippen LogP contribution in [0.15, 0.2) is 103 Å². The SMILES string of the molecule is CCc1cccc2c1Cc1ccccc1-2.c1ccc2cc3ccccc3cc2c1. The second kappa shape index (κ2) is 7.56. The van der Waals surface area contributed by atoms with Gasteiger partial charge in [0.05, 0.1) is 0 Å². The van der Waals surface area contributed by atoms with E-state index in [2.05, 4.69) is 110 Å². The zero-order valence-corrected chi connectivity index (χ0v) is 16.7. The van der Waals surface area contributed by atoms with E-state index in [1.54, 1.807) is 5.56 Å². The zero-order valence-electron chi connectivity index (χ0n) is 16.7. The molecule has 1 aliphatic carbocycles. The molecule has 0 heteroatoms. The van der Waals surface area contributed by atoms with Crippen LogP contribution in [0.1, 0.15) is 23.6 Å². The van der Waals surface area contributed by atoms with Gasteiger partial charge in [-0.25, -0.2) is 0 Å². The highest BCUT2D eigenvalue weighted by molar-refractivity contribution is 5.98. The van der Waals surface area contributed by atoms with Gasteiger partial charge in [-0.3, -0.25) is 0 Å². The average Bonchev–Trinajstić information content (AvgIpc) is 3.17. The third-order valence-corrected chi connectivity index (χ3v) is 5.94. The second-order valence-corrected chi connectivity index (χ2v) is 7.68. The summed E-state index contributed by atoms with van der Waals surface area (Å²) in [7, 11) is 0. The summed E-state index contributed by atoms with van der Waals surface area (Å²) >= 11 is 0. The van der Waals surface area contributed by atoms with Crippen LogP contribution in [0.2, 0.25) is 0 Å². The number of fused-ring (bicyclic) bond motifs is 5. The molecule has 5 aromatic carbocycles. The first-order valence-corrected chi connectivity index (χ1v) is 10.4. The van der Waals surface area contributed by atoms with Crippen molar-refractivity contribution < 1.29 is 0 Å². The fraction of sp³-hybridized carbons (Fsp3) is 0.103. The fourth-order valence-electron chi connectivity index (χ4n) is 4.44. The Morgan fingerprint density at radius 3 is 1.66 bits per heavy atom. The van der Waals surface area contributed by atoms with Gasteiger partial charge in [-0.2, -0.15) is 0 Å². The van der Waals surface area contributed by atoms with Gasteiger partial charge in [-0.05, 0) is 74.3 Å². The van der Waals surface area contributed by atoms with Crippen LogP contribution < -0.4 is 0 Å². The molecular formula is C29H24. The molecule has 0 aliphatic heterocycles. The normalized spacial score (nSPS) is 11.6. The molecule has 0 amide bonds. The van der Waals surface area contributed by atoms with Gasteiger partial charge in [-0.1, -0.05) is 97.9 Å². The van der Waals surface area contributed by atoms with Crippen LogP contribution in [0.25, 0.3) is 32.7 Å². The lowest BCUT2D eigenvalue weighted by atomic mass is 10.00. The number of aryl methyl sites for hydroxylation is 1.